The molecule has 0 aromatic heterocycles. The summed E-state index contributed by atoms with van der Waals surface area (Å²) in [5, 5.41) is 0. The van der Waals surface area contributed by atoms with Gasteiger partial charge in [0.05, 0.1) is 12.3 Å². The molecule has 98 valence electrons. The van der Waals surface area contributed by atoms with E-state index in [1.165, 1.54) is 14.2 Å². The second-order valence-corrected chi connectivity index (χ2v) is 6.16. The number of allylic oxidation sites excluding steroid dienone is 1. The average Bonchev–Trinajstić information content (AvgIpc) is 2.38. The lowest BCUT2D eigenvalue weighted by Crippen LogP contribution is -2.24. The van der Waals surface area contributed by atoms with Gasteiger partial charge in [0, 0.05) is 19.8 Å². The van der Waals surface area contributed by atoms with Crippen molar-refractivity contribution in [2.24, 2.45) is 0 Å². The lowest BCUT2D eigenvalue weighted by molar-refractivity contribution is -0.138. The van der Waals surface area contributed by atoms with E-state index in [1.54, 1.807) is 13.0 Å². The molecule has 0 aromatic carbocycles. The van der Waals surface area contributed by atoms with Crippen molar-refractivity contribution >= 4 is 13.6 Å². The highest BCUT2D eigenvalue weighted by Gasteiger charge is 2.40. The van der Waals surface area contributed by atoms with Crippen molar-refractivity contribution in [1.29, 1.82) is 0 Å². The first kappa shape index (κ1) is 14.4. The predicted molar refractivity (Wildman–Crippen MR) is 64.0 cm³/mol. The zero-order chi connectivity index (χ0) is 12.9. The summed E-state index contributed by atoms with van der Waals surface area (Å²) in [6.45, 7) is 2.04. The highest BCUT2D eigenvalue weighted by Crippen LogP contribution is 2.57. The fourth-order valence-corrected chi connectivity index (χ4v) is 3.66. The Kier molecular flexibility index (Phi) is 5.37. The Morgan fingerprint density at radius 1 is 1.47 bits per heavy atom. The first-order valence-electron chi connectivity index (χ1n) is 5.67. The van der Waals surface area contributed by atoms with Crippen LogP contribution in [0.15, 0.2) is 11.6 Å². The third-order valence-corrected chi connectivity index (χ3v) is 5.12. The maximum Gasteiger partial charge on any atom is 0.337 e. The van der Waals surface area contributed by atoms with Crippen LogP contribution >= 0.6 is 7.60 Å². The van der Waals surface area contributed by atoms with Crippen molar-refractivity contribution < 1.29 is 23.1 Å². The number of ether oxygens (including phenoxy) is 1. The molecule has 1 atom stereocenters. The van der Waals surface area contributed by atoms with Crippen LogP contribution in [-0.4, -0.2) is 32.5 Å². The first-order chi connectivity index (χ1) is 8.09. The van der Waals surface area contributed by atoms with E-state index in [4.69, 9.17) is 13.8 Å². The highest BCUT2D eigenvalue weighted by atomic mass is 31.2. The quantitative estimate of drug-likeness (QED) is 0.562. The Bertz CT molecular complexity index is 342. The molecule has 1 rings (SSSR count). The zero-order valence-electron chi connectivity index (χ0n) is 10.5. The molecule has 0 amide bonds. The SMILES string of the molecule is CCOC(=O)C1=CCCCC1P(=O)(OC)OC. The molecular formula is C11H19O5P. The molecule has 1 unspecified atom stereocenters. The van der Waals surface area contributed by atoms with Crippen LogP contribution in [-0.2, 0) is 23.1 Å². The molecule has 0 aliphatic heterocycles. The molecule has 0 saturated heterocycles. The smallest absolute Gasteiger partial charge is 0.337 e. The van der Waals surface area contributed by atoms with Gasteiger partial charge in [-0.25, -0.2) is 4.79 Å². The summed E-state index contributed by atoms with van der Waals surface area (Å²) in [5.41, 5.74) is -0.0876. The molecule has 0 aromatic rings. The molecule has 5 nitrogen and oxygen atoms in total. The van der Waals surface area contributed by atoms with E-state index in [0.717, 1.165) is 12.8 Å². The van der Waals surface area contributed by atoms with Gasteiger partial charge in [-0.3, -0.25) is 4.57 Å². The van der Waals surface area contributed by atoms with Crippen molar-refractivity contribution in [3.05, 3.63) is 11.6 Å². The topological polar surface area (TPSA) is 61.8 Å². The fraction of sp³-hybridized carbons (Fsp3) is 0.727. The number of hydrogen-bond acceptors (Lipinski definition) is 5. The van der Waals surface area contributed by atoms with E-state index in [9.17, 15) is 9.36 Å². The minimum absolute atomic E-state index is 0.299. The largest absolute Gasteiger partial charge is 0.463 e. The van der Waals surface area contributed by atoms with Gasteiger partial charge in [0.2, 0.25) is 0 Å². The summed E-state index contributed by atoms with van der Waals surface area (Å²) in [6, 6.07) is 0. The highest BCUT2D eigenvalue weighted by molar-refractivity contribution is 7.55. The van der Waals surface area contributed by atoms with E-state index in [0.29, 0.717) is 18.6 Å². The Balaban J connectivity index is 2.97. The lowest BCUT2D eigenvalue weighted by Gasteiger charge is -2.28. The van der Waals surface area contributed by atoms with Crippen molar-refractivity contribution in [3.63, 3.8) is 0 Å². The van der Waals surface area contributed by atoms with Crippen LogP contribution in [0.2, 0.25) is 0 Å². The molecular weight excluding hydrogens is 243 g/mol. The molecule has 0 bridgehead atoms. The van der Waals surface area contributed by atoms with Gasteiger partial charge >= 0.3 is 13.6 Å². The van der Waals surface area contributed by atoms with Gasteiger partial charge in [0.25, 0.3) is 0 Å². The summed E-state index contributed by atoms with van der Waals surface area (Å²) in [4.78, 5) is 11.8. The van der Waals surface area contributed by atoms with Crippen LogP contribution in [0.5, 0.6) is 0 Å². The van der Waals surface area contributed by atoms with Gasteiger partial charge in [0.15, 0.2) is 0 Å². The van der Waals surface area contributed by atoms with E-state index < -0.39 is 19.2 Å². The number of hydrogen-bond donors (Lipinski definition) is 0. The van der Waals surface area contributed by atoms with Gasteiger partial charge in [-0.2, -0.15) is 0 Å². The fourth-order valence-electron chi connectivity index (χ4n) is 1.95. The van der Waals surface area contributed by atoms with Crippen LogP contribution < -0.4 is 0 Å². The number of carbonyl (C=O) groups excluding carboxylic acids is 1. The second kappa shape index (κ2) is 6.34. The van der Waals surface area contributed by atoms with E-state index >= 15 is 0 Å². The van der Waals surface area contributed by atoms with E-state index in [-0.39, 0.29) is 0 Å². The van der Waals surface area contributed by atoms with Crippen LogP contribution in [0, 0.1) is 0 Å². The number of rotatable bonds is 5. The van der Waals surface area contributed by atoms with Gasteiger partial charge in [-0.15, -0.1) is 0 Å². The zero-order valence-corrected chi connectivity index (χ0v) is 11.4. The third-order valence-electron chi connectivity index (χ3n) is 2.81. The summed E-state index contributed by atoms with van der Waals surface area (Å²) in [5.74, 6) is -0.425. The van der Waals surface area contributed by atoms with E-state index in [1.807, 2.05) is 0 Å². The van der Waals surface area contributed by atoms with Crippen molar-refractivity contribution in [1.82, 2.24) is 0 Å². The molecule has 0 N–H and O–H groups in total. The summed E-state index contributed by atoms with van der Waals surface area (Å²) in [7, 11) is -0.589. The minimum atomic E-state index is -3.26. The number of esters is 1. The molecule has 0 saturated carbocycles. The molecule has 17 heavy (non-hydrogen) atoms. The maximum atomic E-state index is 12.3. The molecule has 0 fully saturated rings. The normalized spacial score (nSPS) is 20.9. The Morgan fingerprint density at radius 3 is 2.65 bits per heavy atom. The minimum Gasteiger partial charge on any atom is -0.463 e. The van der Waals surface area contributed by atoms with Crippen molar-refractivity contribution in [2.45, 2.75) is 31.8 Å². The second-order valence-electron chi connectivity index (χ2n) is 3.73. The Morgan fingerprint density at radius 2 is 2.12 bits per heavy atom. The van der Waals surface area contributed by atoms with Crippen molar-refractivity contribution in [3.8, 4) is 0 Å². The van der Waals surface area contributed by atoms with Crippen LogP contribution in [0.4, 0.5) is 0 Å². The van der Waals surface area contributed by atoms with Gasteiger partial charge < -0.3 is 13.8 Å². The van der Waals surface area contributed by atoms with Gasteiger partial charge in [0.1, 0.15) is 0 Å². The van der Waals surface area contributed by atoms with Gasteiger partial charge in [-0.05, 0) is 26.2 Å². The molecule has 1 aliphatic carbocycles. The Labute approximate surface area is 102 Å². The lowest BCUT2D eigenvalue weighted by atomic mass is 9.99. The molecule has 0 radical (unpaired) electrons. The monoisotopic (exact) mass is 262 g/mol. The van der Waals surface area contributed by atoms with E-state index in [2.05, 4.69) is 0 Å². The summed E-state index contributed by atoms with van der Waals surface area (Å²) >= 11 is 0. The Hall–Kier alpha value is -0.640. The van der Waals surface area contributed by atoms with Crippen LogP contribution in [0.1, 0.15) is 26.2 Å². The molecule has 1 aliphatic rings. The van der Waals surface area contributed by atoms with Crippen LogP contribution in [0.25, 0.3) is 0 Å². The first-order valence-corrected chi connectivity index (χ1v) is 7.28. The average molecular weight is 262 g/mol. The summed E-state index contributed by atoms with van der Waals surface area (Å²) < 4.78 is 27.2. The maximum absolute atomic E-state index is 12.3. The van der Waals surface area contributed by atoms with Gasteiger partial charge in [-0.1, -0.05) is 6.08 Å². The number of carbonyl (C=O) groups is 1. The molecule has 0 spiro atoms. The predicted octanol–water partition coefficient (Wildman–Crippen LogP) is 2.51. The summed E-state index contributed by atoms with van der Waals surface area (Å²) in [6.07, 6.45) is 4.04. The third kappa shape index (κ3) is 3.18. The van der Waals surface area contributed by atoms with Crippen molar-refractivity contribution in [2.75, 3.05) is 20.8 Å². The standard InChI is InChI=1S/C11H19O5P/c1-4-16-11(12)9-7-5-6-8-10(9)17(13,14-2)15-3/h7,10H,4-6,8H2,1-3H3. The van der Waals surface area contributed by atoms with Crippen LogP contribution in [0.3, 0.4) is 0 Å². The molecule has 6 heteroatoms. The molecule has 0 heterocycles.